The minimum absolute atomic E-state index is 0.0481. The van der Waals surface area contributed by atoms with Crippen LogP contribution in [-0.4, -0.2) is 49.8 Å². The molecule has 76 valence electrons. The molecule has 0 fully saturated rings. The van der Waals surface area contributed by atoms with E-state index in [9.17, 15) is 4.79 Å². The molecule has 0 aromatic rings. The van der Waals surface area contributed by atoms with Crippen molar-refractivity contribution in [1.82, 2.24) is 15.4 Å². The highest BCUT2D eigenvalue weighted by molar-refractivity contribution is 5.99. The van der Waals surface area contributed by atoms with E-state index >= 15 is 0 Å². The van der Waals surface area contributed by atoms with Gasteiger partial charge in [-0.05, 0) is 6.92 Å². The summed E-state index contributed by atoms with van der Waals surface area (Å²) in [5.74, 6) is -0.0481. The van der Waals surface area contributed by atoms with E-state index in [4.69, 9.17) is 0 Å². The Bertz CT molecular complexity index is 198. The molecule has 1 N–H and O–H groups in total. The molecular weight excluding hydrogens is 168 g/mol. The van der Waals surface area contributed by atoms with Gasteiger partial charge in [-0.25, -0.2) is 5.01 Å². The van der Waals surface area contributed by atoms with Crippen LogP contribution in [0.4, 0.5) is 0 Å². The van der Waals surface area contributed by atoms with Crippen LogP contribution >= 0.6 is 0 Å². The summed E-state index contributed by atoms with van der Waals surface area (Å²) in [7, 11) is 7.20. The Morgan fingerprint density at radius 3 is 2.23 bits per heavy atom. The minimum atomic E-state index is -0.0481. The van der Waals surface area contributed by atoms with Crippen molar-refractivity contribution in [3.63, 3.8) is 0 Å². The van der Waals surface area contributed by atoms with Gasteiger partial charge >= 0.3 is 0 Å². The molecule has 0 unspecified atom stereocenters. The molecule has 0 heterocycles. The number of hydrogen-bond acceptors (Lipinski definition) is 4. The molecule has 0 aromatic carbocycles. The molecule has 5 nitrogen and oxygen atoms in total. The first kappa shape index (κ1) is 11.9. The van der Waals surface area contributed by atoms with Crippen LogP contribution in [0.5, 0.6) is 0 Å². The van der Waals surface area contributed by atoms with Gasteiger partial charge in [0.15, 0.2) is 0 Å². The highest BCUT2D eigenvalue weighted by Gasteiger charge is 2.03. The second kappa shape index (κ2) is 5.53. The van der Waals surface area contributed by atoms with Crippen molar-refractivity contribution in [2.24, 2.45) is 5.10 Å². The van der Waals surface area contributed by atoms with E-state index in [1.807, 2.05) is 21.0 Å². The van der Waals surface area contributed by atoms with E-state index in [1.54, 1.807) is 24.1 Å². The second-order valence-electron chi connectivity index (χ2n) is 3.29. The summed E-state index contributed by atoms with van der Waals surface area (Å²) < 4.78 is 0. The zero-order valence-corrected chi connectivity index (χ0v) is 8.96. The fraction of sp³-hybridized carbons (Fsp3) is 0.750. The van der Waals surface area contributed by atoms with Crippen molar-refractivity contribution >= 4 is 11.6 Å². The number of nitrogens with zero attached hydrogens (tertiary/aromatic N) is 3. The molecule has 0 aliphatic carbocycles. The fourth-order valence-corrected chi connectivity index (χ4v) is 0.898. The number of nitrogens with one attached hydrogen (secondary N) is 1. The van der Waals surface area contributed by atoms with E-state index < -0.39 is 0 Å². The molecule has 0 atom stereocenters. The molecule has 0 saturated heterocycles. The zero-order valence-electron chi connectivity index (χ0n) is 8.96. The van der Waals surface area contributed by atoms with E-state index in [-0.39, 0.29) is 5.91 Å². The fourth-order valence-electron chi connectivity index (χ4n) is 0.898. The van der Waals surface area contributed by atoms with Gasteiger partial charge < -0.3 is 5.01 Å². The molecular formula is C8H18N4O. The van der Waals surface area contributed by atoms with Crippen LogP contribution in [0.2, 0.25) is 0 Å². The third kappa shape index (κ3) is 7.27. The van der Waals surface area contributed by atoms with Crippen molar-refractivity contribution in [3.8, 4) is 0 Å². The van der Waals surface area contributed by atoms with Crippen molar-refractivity contribution in [2.45, 2.75) is 13.3 Å². The van der Waals surface area contributed by atoms with Crippen LogP contribution < -0.4 is 5.43 Å². The van der Waals surface area contributed by atoms with E-state index in [2.05, 4.69) is 10.5 Å². The van der Waals surface area contributed by atoms with Crippen molar-refractivity contribution in [1.29, 1.82) is 0 Å². The summed E-state index contributed by atoms with van der Waals surface area (Å²) in [5, 5.41) is 7.39. The molecule has 0 rings (SSSR count). The molecule has 0 aromatic heterocycles. The summed E-state index contributed by atoms with van der Waals surface area (Å²) in [5.41, 5.74) is 3.44. The Labute approximate surface area is 79.4 Å². The quantitative estimate of drug-likeness (QED) is 0.493. The first-order valence-electron chi connectivity index (χ1n) is 4.10. The average Bonchev–Trinajstić information content (AvgIpc) is 1.80. The Kier molecular flexibility index (Phi) is 5.06. The normalized spacial score (nSPS) is 11.7. The predicted octanol–water partition coefficient (Wildman–Crippen LogP) is -0.0932. The number of rotatable bonds is 4. The van der Waals surface area contributed by atoms with Gasteiger partial charge in [0.2, 0.25) is 5.91 Å². The van der Waals surface area contributed by atoms with Crippen molar-refractivity contribution in [2.75, 3.05) is 28.2 Å². The second-order valence-corrected chi connectivity index (χ2v) is 3.29. The van der Waals surface area contributed by atoms with Crippen LogP contribution in [0.1, 0.15) is 13.3 Å². The lowest BCUT2D eigenvalue weighted by Gasteiger charge is -2.12. The summed E-state index contributed by atoms with van der Waals surface area (Å²) in [6.45, 7) is 1.83. The number of hydrazine groups is 1. The van der Waals surface area contributed by atoms with Gasteiger partial charge in [0.05, 0.1) is 6.42 Å². The van der Waals surface area contributed by atoms with E-state index in [1.165, 1.54) is 0 Å². The SMILES string of the molecule is C/C(CC(=O)NN(C)C)=N/N(C)C. The first-order chi connectivity index (χ1) is 5.91. The van der Waals surface area contributed by atoms with Gasteiger partial charge in [-0.1, -0.05) is 0 Å². The Hall–Kier alpha value is -1.10. The maximum absolute atomic E-state index is 11.2. The smallest absolute Gasteiger partial charge is 0.239 e. The van der Waals surface area contributed by atoms with Crippen LogP contribution in [-0.2, 0) is 4.79 Å². The van der Waals surface area contributed by atoms with Crippen LogP contribution in [0.25, 0.3) is 0 Å². The molecule has 0 bridgehead atoms. The Balaban J connectivity index is 3.92. The predicted molar refractivity (Wildman–Crippen MR) is 53.2 cm³/mol. The molecule has 0 aliphatic heterocycles. The first-order valence-corrected chi connectivity index (χ1v) is 4.10. The van der Waals surface area contributed by atoms with Gasteiger partial charge in [-0.3, -0.25) is 10.2 Å². The van der Waals surface area contributed by atoms with Crippen LogP contribution in [0.3, 0.4) is 0 Å². The number of carbonyl (C=O) groups excluding carboxylic acids is 1. The molecule has 5 heteroatoms. The maximum Gasteiger partial charge on any atom is 0.239 e. The molecule has 0 aliphatic rings. The van der Waals surface area contributed by atoms with Gasteiger partial charge in [0.1, 0.15) is 0 Å². The summed E-state index contributed by atoms with van der Waals surface area (Å²) >= 11 is 0. The monoisotopic (exact) mass is 186 g/mol. The van der Waals surface area contributed by atoms with E-state index in [0.717, 1.165) is 5.71 Å². The molecule has 0 saturated carbocycles. The van der Waals surface area contributed by atoms with Gasteiger partial charge in [-0.15, -0.1) is 0 Å². The van der Waals surface area contributed by atoms with Gasteiger partial charge in [-0.2, -0.15) is 5.10 Å². The standard InChI is InChI=1S/C8H18N4O/c1-7(9-11(2)3)6-8(13)10-12(4)5/h6H2,1-5H3,(H,10,13)/b9-7-. The number of hydrazone groups is 1. The van der Waals surface area contributed by atoms with Crippen LogP contribution in [0, 0.1) is 0 Å². The molecule has 13 heavy (non-hydrogen) atoms. The largest absolute Gasteiger partial charge is 0.303 e. The minimum Gasteiger partial charge on any atom is -0.303 e. The lowest BCUT2D eigenvalue weighted by atomic mass is 10.3. The molecule has 1 amide bonds. The molecule has 0 spiro atoms. The lowest BCUT2D eigenvalue weighted by Crippen LogP contribution is -2.37. The Morgan fingerprint density at radius 1 is 1.31 bits per heavy atom. The average molecular weight is 186 g/mol. The van der Waals surface area contributed by atoms with Gasteiger partial charge in [0, 0.05) is 33.9 Å². The summed E-state index contributed by atoms with van der Waals surface area (Å²) in [6, 6.07) is 0. The Morgan fingerprint density at radius 2 is 1.85 bits per heavy atom. The number of hydrogen-bond donors (Lipinski definition) is 1. The van der Waals surface area contributed by atoms with Crippen molar-refractivity contribution in [3.05, 3.63) is 0 Å². The third-order valence-electron chi connectivity index (χ3n) is 1.14. The summed E-state index contributed by atoms with van der Waals surface area (Å²) in [4.78, 5) is 11.2. The van der Waals surface area contributed by atoms with Crippen LogP contribution in [0.15, 0.2) is 5.10 Å². The lowest BCUT2D eigenvalue weighted by molar-refractivity contribution is -0.123. The number of amides is 1. The van der Waals surface area contributed by atoms with Gasteiger partial charge in [0.25, 0.3) is 0 Å². The zero-order chi connectivity index (χ0) is 10.4. The molecule has 0 radical (unpaired) electrons. The van der Waals surface area contributed by atoms with E-state index in [0.29, 0.717) is 6.42 Å². The highest BCUT2D eigenvalue weighted by Crippen LogP contribution is 1.88. The highest BCUT2D eigenvalue weighted by atomic mass is 16.2. The third-order valence-corrected chi connectivity index (χ3v) is 1.14. The topological polar surface area (TPSA) is 47.9 Å². The maximum atomic E-state index is 11.2. The summed E-state index contributed by atoms with van der Waals surface area (Å²) in [6.07, 6.45) is 0.330. The van der Waals surface area contributed by atoms with Crippen molar-refractivity contribution < 1.29 is 4.79 Å². The number of carbonyl (C=O) groups is 1.